The monoisotopic (exact) mass is 160 g/mol. The predicted octanol–water partition coefficient (Wildman–Crippen LogP) is -0.920. The highest BCUT2D eigenvalue weighted by atomic mass is 16.3. The van der Waals surface area contributed by atoms with E-state index in [4.69, 9.17) is 10.8 Å². The minimum atomic E-state index is -0.259. The van der Waals surface area contributed by atoms with Crippen molar-refractivity contribution in [3.63, 3.8) is 0 Å². The van der Waals surface area contributed by atoms with E-state index in [2.05, 4.69) is 5.32 Å². The first-order chi connectivity index (χ1) is 5.02. The Morgan fingerprint density at radius 1 is 1.64 bits per heavy atom. The molecule has 4 N–H and O–H groups in total. The van der Waals surface area contributed by atoms with Crippen LogP contribution in [0.5, 0.6) is 0 Å². The Labute approximate surface area is 66.8 Å². The number of hydrogen-bond donors (Lipinski definition) is 3. The summed E-state index contributed by atoms with van der Waals surface area (Å²) < 4.78 is 0. The molecule has 0 aliphatic rings. The Morgan fingerprint density at radius 2 is 2.18 bits per heavy atom. The molecule has 0 bridgehead atoms. The Morgan fingerprint density at radius 3 is 2.55 bits per heavy atom. The van der Waals surface area contributed by atoms with Gasteiger partial charge < -0.3 is 16.2 Å². The first kappa shape index (κ1) is 10.4. The Balaban J connectivity index is 3.61. The van der Waals surface area contributed by atoms with Gasteiger partial charge in [-0.05, 0) is 0 Å². The van der Waals surface area contributed by atoms with Gasteiger partial charge in [-0.15, -0.1) is 0 Å². The van der Waals surface area contributed by atoms with E-state index in [0.717, 1.165) is 0 Å². The molecule has 66 valence electrons. The largest absolute Gasteiger partial charge is 0.396 e. The van der Waals surface area contributed by atoms with Crippen LogP contribution < -0.4 is 11.1 Å². The van der Waals surface area contributed by atoms with Crippen molar-refractivity contribution in [1.29, 1.82) is 0 Å². The van der Waals surface area contributed by atoms with Crippen molar-refractivity contribution in [3.8, 4) is 0 Å². The zero-order valence-corrected chi connectivity index (χ0v) is 7.05. The molecular weight excluding hydrogens is 144 g/mol. The van der Waals surface area contributed by atoms with Gasteiger partial charge in [0.25, 0.3) is 0 Å². The number of nitrogens with two attached hydrogens (primary N) is 1. The number of aliphatic hydroxyl groups excluding tert-OH is 1. The van der Waals surface area contributed by atoms with Crippen LogP contribution >= 0.6 is 0 Å². The molecule has 0 unspecified atom stereocenters. The average Bonchev–Trinajstić information content (AvgIpc) is 2.00. The number of amides is 1. The maximum absolute atomic E-state index is 10.7. The van der Waals surface area contributed by atoms with Crippen LogP contribution in [0.3, 0.4) is 0 Å². The summed E-state index contributed by atoms with van der Waals surface area (Å²) in [7, 11) is 0. The lowest BCUT2D eigenvalue weighted by Crippen LogP contribution is -2.38. The number of hydrogen-bond acceptors (Lipinski definition) is 3. The van der Waals surface area contributed by atoms with Crippen LogP contribution in [0.25, 0.3) is 0 Å². The summed E-state index contributed by atoms with van der Waals surface area (Å²) in [4.78, 5) is 10.7. The summed E-state index contributed by atoms with van der Waals surface area (Å²) in [5.74, 6) is -0.188. The van der Waals surface area contributed by atoms with Crippen LogP contribution in [0.2, 0.25) is 0 Å². The first-order valence-corrected chi connectivity index (χ1v) is 3.59. The zero-order valence-electron chi connectivity index (χ0n) is 7.05. The Hall–Kier alpha value is -0.610. The van der Waals surface area contributed by atoms with Crippen LogP contribution in [0.15, 0.2) is 0 Å². The number of carbonyl (C=O) groups is 1. The van der Waals surface area contributed by atoms with Crippen molar-refractivity contribution >= 4 is 5.91 Å². The smallest absolute Gasteiger partial charge is 0.233 e. The second-order valence-electron chi connectivity index (χ2n) is 3.30. The second kappa shape index (κ2) is 4.31. The van der Waals surface area contributed by atoms with Crippen LogP contribution in [0.4, 0.5) is 0 Å². The van der Waals surface area contributed by atoms with E-state index >= 15 is 0 Å². The van der Waals surface area contributed by atoms with Gasteiger partial charge in [0.2, 0.25) is 5.91 Å². The molecule has 0 atom stereocenters. The van der Waals surface area contributed by atoms with Gasteiger partial charge >= 0.3 is 0 Å². The number of aliphatic hydroxyl groups is 1. The molecule has 0 fully saturated rings. The lowest BCUT2D eigenvalue weighted by Gasteiger charge is -2.21. The summed E-state index contributed by atoms with van der Waals surface area (Å²) in [6.45, 7) is 4.24. The molecule has 0 aromatic carbocycles. The normalized spacial score (nSPS) is 11.3. The SMILES string of the molecule is CC(C)(CO)CNC(=O)CN. The van der Waals surface area contributed by atoms with Crippen molar-refractivity contribution in [2.24, 2.45) is 11.1 Å². The zero-order chi connectivity index (χ0) is 8.91. The lowest BCUT2D eigenvalue weighted by molar-refractivity contribution is -0.120. The minimum absolute atomic E-state index is 0.00150. The molecular formula is C7H16N2O2. The fraction of sp³-hybridized carbons (Fsp3) is 0.857. The van der Waals surface area contributed by atoms with E-state index in [0.29, 0.717) is 6.54 Å². The first-order valence-electron chi connectivity index (χ1n) is 3.59. The second-order valence-corrected chi connectivity index (χ2v) is 3.30. The number of rotatable bonds is 4. The quantitative estimate of drug-likeness (QED) is 0.498. The van der Waals surface area contributed by atoms with Gasteiger partial charge in [0.15, 0.2) is 0 Å². The van der Waals surface area contributed by atoms with Crippen molar-refractivity contribution in [1.82, 2.24) is 5.32 Å². The molecule has 0 saturated heterocycles. The van der Waals surface area contributed by atoms with Gasteiger partial charge in [-0.3, -0.25) is 4.79 Å². The summed E-state index contributed by atoms with van der Waals surface area (Å²) in [5.41, 5.74) is 4.81. The summed E-state index contributed by atoms with van der Waals surface area (Å²) in [6, 6.07) is 0. The molecule has 0 aromatic heterocycles. The molecule has 0 aromatic rings. The number of nitrogens with one attached hydrogen (secondary N) is 1. The fourth-order valence-corrected chi connectivity index (χ4v) is 0.466. The van der Waals surface area contributed by atoms with Crippen LogP contribution in [0.1, 0.15) is 13.8 Å². The summed E-state index contributed by atoms with van der Waals surface area (Å²) in [6.07, 6.45) is 0. The van der Waals surface area contributed by atoms with Gasteiger partial charge in [-0.25, -0.2) is 0 Å². The third-order valence-electron chi connectivity index (χ3n) is 1.38. The highest BCUT2D eigenvalue weighted by Gasteiger charge is 2.16. The molecule has 4 nitrogen and oxygen atoms in total. The number of carbonyl (C=O) groups excluding carboxylic acids is 1. The van der Waals surface area contributed by atoms with E-state index in [-0.39, 0.29) is 24.5 Å². The van der Waals surface area contributed by atoms with Gasteiger partial charge in [-0.1, -0.05) is 13.8 Å². The third-order valence-corrected chi connectivity index (χ3v) is 1.38. The highest BCUT2D eigenvalue weighted by Crippen LogP contribution is 2.10. The van der Waals surface area contributed by atoms with Crippen molar-refractivity contribution in [3.05, 3.63) is 0 Å². The van der Waals surface area contributed by atoms with E-state index in [1.807, 2.05) is 13.8 Å². The lowest BCUT2D eigenvalue weighted by atomic mass is 9.95. The van der Waals surface area contributed by atoms with E-state index in [1.165, 1.54) is 0 Å². The molecule has 0 aliphatic heterocycles. The molecule has 0 heterocycles. The van der Waals surface area contributed by atoms with Crippen molar-refractivity contribution in [2.45, 2.75) is 13.8 Å². The Bertz CT molecular complexity index is 134. The van der Waals surface area contributed by atoms with Crippen molar-refractivity contribution in [2.75, 3.05) is 19.7 Å². The van der Waals surface area contributed by atoms with E-state index in [9.17, 15) is 4.79 Å². The average molecular weight is 160 g/mol. The topological polar surface area (TPSA) is 75.3 Å². The van der Waals surface area contributed by atoms with Crippen LogP contribution in [0, 0.1) is 5.41 Å². The standard InChI is InChI=1S/C7H16N2O2/c1-7(2,5-10)4-9-6(11)3-8/h10H,3-5,8H2,1-2H3,(H,9,11). The molecule has 4 heteroatoms. The maximum Gasteiger partial charge on any atom is 0.233 e. The summed E-state index contributed by atoms with van der Waals surface area (Å²) in [5, 5.41) is 11.4. The highest BCUT2D eigenvalue weighted by molar-refractivity contribution is 5.77. The van der Waals surface area contributed by atoms with Gasteiger partial charge in [0.05, 0.1) is 6.54 Å². The van der Waals surface area contributed by atoms with Gasteiger partial charge in [-0.2, -0.15) is 0 Å². The maximum atomic E-state index is 10.7. The molecule has 0 aliphatic carbocycles. The third kappa shape index (κ3) is 4.75. The Kier molecular flexibility index (Phi) is 4.07. The molecule has 0 rings (SSSR count). The van der Waals surface area contributed by atoms with E-state index < -0.39 is 0 Å². The molecule has 0 spiro atoms. The van der Waals surface area contributed by atoms with Gasteiger partial charge in [0.1, 0.15) is 0 Å². The van der Waals surface area contributed by atoms with Gasteiger partial charge in [0, 0.05) is 18.6 Å². The molecule has 0 radical (unpaired) electrons. The fourth-order valence-electron chi connectivity index (χ4n) is 0.466. The molecule has 1 amide bonds. The summed E-state index contributed by atoms with van der Waals surface area (Å²) >= 11 is 0. The molecule has 11 heavy (non-hydrogen) atoms. The minimum Gasteiger partial charge on any atom is -0.396 e. The predicted molar refractivity (Wildman–Crippen MR) is 42.9 cm³/mol. The molecule has 0 saturated carbocycles. The van der Waals surface area contributed by atoms with Crippen LogP contribution in [-0.4, -0.2) is 30.7 Å². The van der Waals surface area contributed by atoms with Crippen LogP contribution in [-0.2, 0) is 4.79 Å². The van der Waals surface area contributed by atoms with Crippen molar-refractivity contribution < 1.29 is 9.90 Å². The van der Waals surface area contributed by atoms with E-state index in [1.54, 1.807) is 0 Å².